The highest BCUT2D eigenvalue weighted by molar-refractivity contribution is 9.10. The van der Waals surface area contributed by atoms with Gasteiger partial charge in [0.2, 0.25) is 0 Å². The molecule has 0 aliphatic rings. The number of aromatic nitrogens is 2. The molecule has 4 nitrogen and oxygen atoms in total. The summed E-state index contributed by atoms with van der Waals surface area (Å²) in [6.07, 6.45) is 0. The number of anilines is 1. The summed E-state index contributed by atoms with van der Waals surface area (Å²) in [6, 6.07) is 19.8. The van der Waals surface area contributed by atoms with Crippen molar-refractivity contribution in [2.24, 2.45) is 0 Å². The van der Waals surface area contributed by atoms with Gasteiger partial charge in [0.25, 0.3) is 5.91 Å². The summed E-state index contributed by atoms with van der Waals surface area (Å²) in [7, 11) is 0. The maximum absolute atomic E-state index is 12.7. The lowest BCUT2D eigenvalue weighted by atomic mass is 10.2. The van der Waals surface area contributed by atoms with Crippen molar-refractivity contribution >= 4 is 71.2 Å². The number of nitrogens with one attached hydrogen (secondary N) is 1. The predicted molar refractivity (Wildman–Crippen MR) is 126 cm³/mol. The summed E-state index contributed by atoms with van der Waals surface area (Å²) in [6.45, 7) is 0. The quantitative estimate of drug-likeness (QED) is 0.286. The number of carbonyl (C=O) groups excluding carboxylic acids is 1. The average molecular weight is 498 g/mol. The van der Waals surface area contributed by atoms with Crippen LogP contribution in [0.15, 0.2) is 70.5 Å². The zero-order valence-electron chi connectivity index (χ0n) is 14.8. The molecule has 0 saturated heterocycles. The Morgan fingerprint density at radius 2 is 1.76 bits per heavy atom. The van der Waals surface area contributed by atoms with Crippen molar-refractivity contribution in [3.63, 3.8) is 0 Å². The minimum absolute atomic E-state index is 0.154. The molecule has 0 fully saturated rings. The first-order valence-electron chi connectivity index (χ1n) is 8.64. The van der Waals surface area contributed by atoms with Gasteiger partial charge in [0.15, 0.2) is 5.13 Å². The molecule has 0 aliphatic heterocycles. The largest absolute Gasteiger partial charge is 0.297 e. The smallest absolute Gasteiger partial charge is 0.267 e. The molecule has 0 radical (unpaired) electrons. The molecular formula is C21H12BrN3OS3. The Morgan fingerprint density at radius 3 is 2.59 bits per heavy atom. The molecule has 2 aromatic carbocycles. The van der Waals surface area contributed by atoms with Crippen molar-refractivity contribution in [2.45, 2.75) is 0 Å². The Bertz CT molecular complexity index is 1290. The number of fused-ring (bicyclic) bond motifs is 1. The molecule has 3 aromatic heterocycles. The molecule has 0 spiro atoms. The van der Waals surface area contributed by atoms with Gasteiger partial charge in [0.05, 0.1) is 25.7 Å². The number of hydrogen-bond acceptors (Lipinski definition) is 6. The first kappa shape index (κ1) is 18.6. The molecule has 0 atom stereocenters. The molecule has 0 bridgehead atoms. The minimum atomic E-state index is -0.154. The lowest BCUT2D eigenvalue weighted by Crippen LogP contribution is -2.09. The molecule has 3 heterocycles. The average Bonchev–Trinajstić information content (AvgIpc) is 3.47. The molecule has 1 amide bonds. The normalized spacial score (nSPS) is 11.1. The summed E-state index contributed by atoms with van der Waals surface area (Å²) < 4.78 is 2.16. The molecular weight excluding hydrogens is 486 g/mol. The van der Waals surface area contributed by atoms with Crippen molar-refractivity contribution in [2.75, 3.05) is 5.32 Å². The number of halogens is 1. The lowest BCUT2D eigenvalue weighted by molar-refractivity contribution is 0.103. The molecule has 5 rings (SSSR count). The summed E-state index contributed by atoms with van der Waals surface area (Å²) in [5.41, 5.74) is 2.84. The zero-order valence-corrected chi connectivity index (χ0v) is 18.8. The number of thiophene rings is 1. The first-order chi connectivity index (χ1) is 14.2. The van der Waals surface area contributed by atoms with Crippen LogP contribution >= 0.6 is 49.9 Å². The van der Waals surface area contributed by atoms with Crippen LogP contribution in [0.1, 0.15) is 9.67 Å². The molecule has 142 valence electrons. The summed E-state index contributed by atoms with van der Waals surface area (Å²) in [4.78, 5) is 23.5. The van der Waals surface area contributed by atoms with Crippen LogP contribution in [0.5, 0.6) is 0 Å². The van der Waals surface area contributed by atoms with Crippen LogP contribution in [-0.2, 0) is 0 Å². The Morgan fingerprint density at radius 1 is 0.931 bits per heavy atom. The fraction of sp³-hybridized carbons (Fsp3) is 0. The van der Waals surface area contributed by atoms with Gasteiger partial charge in [-0.3, -0.25) is 10.1 Å². The van der Waals surface area contributed by atoms with E-state index in [1.165, 1.54) is 22.7 Å². The topological polar surface area (TPSA) is 54.9 Å². The number of thiazole rings is 2. The summed E-state index contributed by atoms with van der Waals surface area (Å²) in [5.74, 6) is -0.154. The SMILES string of the molecule is O=C(Nc1nc(-c2ccc(Br)cc2)cs1)c1ccc(-c2nc3ccccc3s2)s1. The van der Waals surface area contributed by atoms with E-state index in [0.29, 0.717) is 10.0 Å². The third kappa shape index (κ3) is 3.89. The number of nitrogens with zero attached hydrogens (tertiary/aromatic N) is 2. The second kappa shape index (κ2) is 7.79. The zero-order chi connectivity index (χ0) is 19.8. The van der Waals surface area contributed by atoms with E-state index in [1.807, 2.05) is 60.0 Å². The Labute approximate surface area is 187 Å². The standard InChI is InChI=1S/C21H12BrN3OS3/c22-13-7-5-12(6-8-13)15-11-27-21(24-15)25-19(26)17-9-10-18(28-17)20-23-14-3-1-2-4-16(14)29-20/h1-11H,(H,24,25,26). The number of amides is 1. The molecule has 1 N–H and O–H groups in total. The predicted octanol–water partition coefficient (Wildman–Crippen LogP) is 7.16. The molecule has 29 heavy (non-hydrogen) atoms. The summed E-state index contributed by atoms with van der Waals surface area (Å²) in [5, 5.41) is 6.37. The van der Waals surface area contributed by atoms with E-state index >= 15 is 0 Å². The number of benzene rings is 2. The van der Waals surface area contributed by atoms with Crippen molar-refractivity contribution < 1.29 is 4.79 Å². The van der Waals surface area contributed by atoms with Gasteiger partial charge in [0.1, 0.15) is 5.01 Å². The maximum atomic E-state index is 12.7. The van der Waals surface area contributed by atoms with Crippen molar-refractivity contribution in [1.82, 2.24) is 9.97 Å². The Hall–Kier alpha value is -2.39. The van der Waals surface area contributed by atoms with E-state index in [1.54, 1.807) is 11.3 Å². The molecule has 0 aliphatic carbocycles. The van der Waals surface area contributed by atoms with Gasteiger partial charge in [-0.25, -0.2) is 9.97 Å². The fourth-order valence-electron chi connectivity index (χ4n) is 2.80. The van der Waals surface area contributed by atoms with E-state index in [0.717, 1.165) is 35.8 Å². The van der Waals surface area contributed by atoms with Crippen molar-refractivity contribution in [3.8, 4) is 21.1 Å². The molecule has 5 aromatic rings. The second-order valence-corrected chi connectivity index (χ2v) is 10.0. The maximum Gasteiger partial charge on any atom is 0.267 e. The second-order valence-electron chi connectivity index (χ2n) is 6.15. The monoisotopic (exact) mass is 497 g/mol. The molecule has 8 heteroatoms. The van der Waals surface area contributed by atoms with Crippen molar-refractivity contribution in [3.05, 3.63) is 75.4 Å². The number of hydrogen-bond donors (Lipinski definition) is 1. The number of rotatable bonds is 4. The third-order valence-electron chi connectivity index (χ3n) is 4.20. The molecule has 0 unspecified atom stereocenters. The van der Waals surface area contributed by atoms with Gasteiger partial charge < -0.3 is 0 Å². The van der Waals surface area contributed by atoms with Crippen LogP contribution in [0, 0.1) is 0 Å². The van der Waals surface area contributed by atoms with Gasteiger partial charge in [-0.1, -0.05) is 40.2 Å². The van der Waals surface area contributed by atoms with Gasteiger partial charge in [-0.2, -0.15) is 0 Å². The Kier molecular flexibility index (Phi) is 5.01. The van der Waals surface area contributed by atoms with Crippen LogP contribution in [-0.4, -0.2) is 15.9 Å². The van der Waals surface area contributed by atoms with Crippen LogP contribution in [0.25, 0.3) is 31.4 Å². The summed E-state index contributed by atoms with van der Waals surface area (Å²) >= 11 is 7.93. The van der Waals surface area contributed by atoms with E-state index in [2.05, 4.69) is 37.3 Å². The Balaban J connectivity index is 1.33. The van der Waals surface area contributed by atoms with E-state index in [4.69, 9.17) is 0 Å². The van der Waals surface area contributed by atoms with Gasteiger partial charge in [0, 0.05) is 15.4 Å². The van der Waals surface area contributed by atoms with Crippen LogP contribution in [0.3, 0.4) is 0 Å². The number of para-hydroxylation sites is 1. The highest BCUT2D eigenvalue weighted by Gasteiger charge is 2.15. The van der Waals surface area contributed by atoms with E-state index < -0.39 is 0 Å². The van der Waals surface area contributed by atoms with Gasteiger partial charge in [-0.15, -0.1) is 34.0 Å². The highest BCUT2D eigenvalue weighted by atomic mass is 79.9. The molecule has 0 saturated carbocycles. The first-order valence-corrected chi connectivity index (χ1v) is 11.9. The highest BCUT2D eigenvalue weighted by Crippen LogP contribution is 2.35. The van der Waals surface area contributed by atoms with Crippen LogP contribution in [0.2, 0.25) is 0 Å². The van der Waals surface area contributed by atoms with Crippen LogP contribution in [0.4, 0.5) is 5.13 Å². The van der Waals surface area contributed by atoms with Crippen LogP contribution < -0.4 is 5.32 Å². The minimum Gasteiger partial charge on any atom is -0.297 e. The van der Waals surface area contributed by atoms with E-state index in [9.17, 15) is 4.79 Å². The van der Waals surface area contributed by atoms with Crippen molar-refractivity contribution in [1.29, 1.82) is 0 Å². The third-order valence-corrected chi connectivity index (χ3v) is 7.78. The fourth-order valence-corrected chi connectivity index (χ4v) is 5.70. The lowest BCUT2D eigenvalue weighted by Gasteiger charge is -1.99. The van der Waals surface area contributed by atoms with E-state index in [-0.39, 0.29) is 5.91 Å². The van der Waals surface area contributed by atoms with Gasteiger partial charge >= 0.3 is 0 Å². The number of carbonyl (C=O) groups is 1. The van der Waals surface area contributed by atoms with Gasteiger partial charge in [-0.05, 0) is 36.4 Å².